The van der Waals surface area contributed by atoms with Crippen molar-refractivity contribution in [3.05, 3.63) is 24.3 Å². The summed E-state index contributed by atoms with van der Waals surface area (Å²) < 4.78 is 10.9. The zero-order valence-electron chi connectivity index (χ0n) is 10.2. The van der Waals surface area contributed by atoms with Gasteiger partial charge in [-0.2, -0.15) is 0 Å². The van der Waals surface area contributed by atoms with Crippen LogP contribution >= 0.6 is 0 Å². The number of hydrogen-bond donors (Lipinski definition) is 1. The zero-order valence-corrected chi connectivity index (χ0v) is 10.2. The fraction of sp³-hybridized carbons (Fsp3) is 0.538. The van der Waals surface area contributed by atoms with Gasteiger partial charge >= 0.3 is 0 Å². The van der Waals surface area contributed by atoms with Crippen molar-refractivity contribution < 1.29 is 9.47 Å². The van der Waals surface area contributed by atoms with Crippen molar-refractivity contribution in [2.45, 2.75) is 0 Å². The summed E-state index contributed by atoms with van der Waals surface area (Å²) in [6.45, 7) is 6.00. The molecule has 4 heteroatoms. The maximum Gasteiger partial charge on any atom is 0.161 e. The molecule has 1 aliphatic heterocycles. The van der Waals surface area contributed by atoms with Gasteiger partial charge in [0.25, 0.3) is 0 Å². The van der Waals surface area contributed by atoms with Crippen LogP contribution in [0.5, 0.6) is 11.5 Å². The van der Waals surface area contributed by atoms with Crippen molar-refractivity contribution in [1.29, 1.82) is 0 Å². The maximum atomic E-state index is 5.72. The molecule has 1 aliphatic rings. The number of rotatable bonds is 5. The van der Waals surface area contributed by atoms with Crippen molar-refractivity contribution >= 4 is 0 Å². The van der Waals surface area contributed by atoms with Crippen molar-refractivity contribution in [3.63, 3.8) is 0 Å². The van der Waals surface area contributed by atoms with E-state index >= 15 is 0 Å². The normalized spacial score (nSPS) is 16.8. The van der Waals surface area contributed by atoms with Gasteiger partial charge in [-0.25, -0.2) is 0 Å². The quantitative estimate of drug-likeness (QED) is 0.817. The summed E-state index contributed by atoms with van der Waals surface area (Å²) in [6, 6.07) is 8.48. The summed E-state index contributed by atoms with van der Waals surface area (Å²) in [5.74, 6) is 1.54. The second-order valence-electron chi connectivity index (χ2n) is 4.02. The maximum absolute atomic E-state index is 5.72. The fourth-order valence-electron chi connectivity index (χ4n) is 1.90. The van der Waals surface area contributed by atoms with Crippen LogP contribution in [-0.2, 0) is 0 Å². The highest BCUT2D eigenvalue weighted by atomic mass is 16.5. The number of benzene rings is 1. The minimum atomic E-state index is 0.695. The van der Waals surface area contributed by atoms with Gasteiger partial charge in [0.1, 0.15) is 6.61 Å². The van der Waals surface area contributed by atoms with Crippen LogP contribution in [-0.4, -0.2) is 51.3 Å². The first-order chi connectivity index (χ1) is 8.40. The van der Waals surface area contributed by atoms with Gasteiger partial charge < -0.3 is 14.8 Å². The predicted molar refractivity (Wildman–Crippen MR) is 66.6 cm³/mol. The average molecular weight is 235 g/mol. The van der Waals surface area contributed by atoms with Crippen LogP contribution in [0.25, 0.3) is 0 Å². The molecule has 4 nitrogen and oxygen atoms in total. The van der Waals surface area contributed by atoms with Gasteiger partial charge in [-0.3, -0.25) is 4.90 Å². The van der Waals surface area contributed by atoms with E-state index in [0.717, 1.165) is 44.2 Å². The number of ether oxygens (including phenoxy) is 2. The number of piperazine rings is 1. The Kier molecular flexibility index (Phi) is 4.64. The molecular weight excluding hydrogens is 216 g/mol. The second-order valence-corrected chi connectivity index (χ2v) is 4.02. The third-order valence-corrected chi connectivity index (χ3v) is 2.88. The number of nitrogens with zero attached hydrogens (tertiary/aromatic N) is 1. The molecule has 1 aromatic rings. The molecule has 0 aliphatic carbocycles. The van der Waals surface area contributed by atoms with Crippen LogP contribution in [0.1, 0.15) is 0 Å². The molecule has 0 atom stereocenters. The largest absolute Gasteiger partial charge is 0.493 e. The zero-order chi connectivity index (χ0) is 11.9. The Bertz CT molecular complexity index is 338. The van der Waals surface area contributed by atoms with Crippen molar-refractivity contribution in [2.75, 3.05) is 46.4 Å². The average Bonchev–Trinajstić information content (AvgIpc) is 2.40. The highest BCUT2D eigenvalue weighted by molar-refractivity contribution is 5.38. The molecule has 0 saturated carbocycles. The van der Waals surface area contributed by atoms with E-state index in [9.17, 15) is 0 Å². The predicted octanol–water partition coefficient (Wildman–Crippen LogP) is 0.779. The third kappa shape index (κ3) is 3.61. The van der Waals surface area contributed by atoms with Crippen molar-refractivity contribution in [2.24, 2.45) is 0 Å². The molecule has 1 heterocycles. The molecule has 93 valence electrons. The summed E-state index contributed by atoms with van der Waals surface area (Å²) >= 11 is 0. The molecule has 1 aromatic carbocycles. The van der Waals surface area contributed by atoms with E-state index in [1.165, 1.54) is 0 Å². The summed E-state index contributed by atoms with van der Waals surface area (Å²) in [5.41, 5.74) is 0. The van der Waals surface area contributed by atoms with E-state index in [1.54, 1.807) is 13.2 Å². The first-order valence-electron chi connectivity index (χ1n) is 6.00. The number of hydrogen-bond acceptors (Lipinski definition) is 4. The second kappa shape index (κ2) is 6.47. The molecule has 0 aromatic heterocycles. The first kappa shape index (κ1) is 12.2. The lowest BCUT2D eigenvalue weighted by molar-refractivity contribution is 0.188. The molecule has 1 N–H and O–H groups in total. The van der Waals surface area contributed by atoms with Crippen LogP contribution in [0.4, 0.5) is 0 Å². The standard InChI is InChI=1S/C13H19N2O2/c1-16-12-4-2-3-5-13(12)17-11-10-15-8-6-14-7-9-15/h3-5,14H,6-11H2,1H3. The minimum absolute atomic E-state index is 0.695. The Morgan fingerprint density at radius 3 is 2.94 bits per heavy atom. The smallest absolute Gasteiger partial charge is 0.161 e. The molecule has 17 heavy (non-hydrogen) atoms. The van der Waals surface area contributed by atoms with Gasteiger partial charge in [0.15, 0.2) is 11.5 Å². The van der Waals surface area contributed by atoms with Crippen LogP contribution in [0.3, 0.4) is 0 Å². The lowest BCUT2D eigenvalue weighted by Crippen LogP contribution is -2.44. The van der Waals surface area contributed by atoms with Crippen molar-refractivity contribution in [1.82, 2.24) is 10.2 Å². The Morgan fingerprint density at radius 2 is 2.18 bits per heavy atom. The van der Waals surface area contributed by atoms with E-state index < -0.39 is 0 Å². The van der Waals surface area contributed by atoms with Gasteiger partial charge in [-0.05, 0) is 18.2 Å². The van der Waals surface area contributed by atoms with Crippen LogP contribution in [0.15, 0.2) is 18.2 Å². The number of methoxy groups -OCH3 is 1. The Balaban J connectivity index is 1.77. The molecule has 0 unspecified atom stereocenters. The molecule has 0 spiro atoms. The Hall–Kier alpha value is -1.26. The van der Waals surface area contributed by atoms with E-state index in [1.807, 2.05) is 12.1 Å². The summed E-state index contributed by atoms with van der Waals surface area (Å²) in [7, 11) is 1.65. The van der Waals surface area contributed by atoms with E-state index in [0.29, 0.717) is 6.61 Å². The van der Waals surface area contributed by atoms with Gasteiger partial charge in [-0.15, -0.1) is 0 Å². The molecule has 1 saturated heterocycles. The highest BCUT2D eigenvalue weighted by Gasteiger charge is 2.09. The molecule has 0 bridgehead atoms. The molecular formula is C13H19N2O2. The minimum Gasteiger partial charge on any atom is -0.493 e. The lowest BCUT2D eigenvalue weighted by atomic mass is 10.3. The summed E-state index contributed by atoms with van der Waals surface area (Å²) in [6.07, 6.45) is 0. The number of nitrogens with one attached hydrogen (secondary N) is 1. The summed E-state index contributed by atoms with van der Waals surface area (Å²) in [4.78, 5) is 2.40. The monoisotopic (exact) mass is 235 g/mol. The molecule has 0 amide bonds. The molecule has 1 fully saturated rings. The summed E-state index contributed by atoms with van der Waals surface area (Å²) in [5, 5.41) is 3.33. The SMILES string of the molecule is COc1c[c]ccc1OCCN1CCNCC1. The van der Waals surface area contributed by atoms with Crippen LogP contribution < -0.4 is 14.8 Å². The van der Waals surface area contributed by atoms with E-state index in [4.69, 9.17) is 9.47 Å². The Labute approximate surface area is 103 Å². The molecule has 2 rings (SSSR count). The highest BCUT2D eigenvalue weighted by Crippen LogP contribution is 2.25. The van der Waals surface area contributed by atoms with Gasteiger partial charge in [0.2, 0.25) is 0 Å². The van der Waals surface area contributed by atoms with Crippen LogP contribution in [0, 0.1) is 6.07 Å². The van der Waals surface area contributed by atoms with Gasteiger partial charge in [0.05, 0.1) is 7.11 Å². The topological polar surface area (TPSA) is 33.7 Å². The van der Waals surface area contributed by atoms with Crippen LogP contribution in [0.2, 0.25) is 0 Å². The Morgan fingerprint density at radius 1 is 1.35 bits per heavy atom. The van der Waals surface area contributed by atoms with E-state index in [2.05, 4.69) is 16.3 Å². The van der Waals surface area contributed by atoms with Crippen molar-refractivity contribution in [3.8, 4) is 11.5 Å². The first-order valence-corrected chi connectivity index (χ1v) is 6.00. The van der Waals surface area contributed by atoms with Gasteiger partial charge in [-0.1, -0.05) is 6.07 Å². The third-order valence-electron chi connectivity index (χ3n) is 2.88. The fourth-order valence-corrected chi connectivity index (χ4v) is 1.90. The van der Waals surface area contributed by atoms with Gasteiger partial charge in [0, 0.05) is 32.7 Å². The lowest BCUT2D eigenvalue weighted by Gasteiger charge is -2.27. The van der Waals surface area contributed by atoms with E-state index in [-0.39, 0.29) is 0 Å². The molecule has 1 radical (unpaired) electrons.